The van der Waals surface area contributed by atoms with Crippen molar-refractivity contribution in [1.29, 1.82) is 0 Å². The molecule has 0 N–H and O–H groups in total. The fraction of sp³-hybridized carbons (Fsp3) is 0.957. The third kappa shape index (κ3) is 18.2. The Morgan fingerprint density at radius 1 is 0.478 bits per heavy atom. The van der Waals surface area contributed by atoms with Crippen LogP contribution >= 0.6 is 0 Å². The van der Waals surface area contributed by atoms with Crippen molar-refractivity contribution in [3.8, 4) is 0 Å². The molecule has 0 nitrogen and oxygen atoms in total. The molecule has 0 saturated heterocycles. The Balaban J connectivity index is 3.43. The normalized spacial score (nSPS) is 12.7. The molecule has 0 spiro atoms. The zero-order valence-electron chi connectivity index (χ0n) is 16.7. The van der Waals surface area contributed by atoms with Crippen molar-refractivity contribution in [2.45, 2.75) is 136 Å². The molecule has 0 aliphatic rings. The number of unbranched alkanes of at least 4 members (excludes halogenated alkanes) is 13. The van der Waals surface area contributed by atoms with E-state index in [1.54, 1.807) is 0 Å². The molecule has 139 valence electrons. The standard InChI is InChI=1S/C23H47/c1-4-7-9-11-13-15-17-19-22-23(20-6-3)21-18-16-14-12-10-8-5-2/h23H,3-22H2,1-2H3. The first-order valence-electron chi connectivity index (χ1n) is 11.1. The molecule has 0 aliphatic heterocycles. The van der Waals surface area contributed by atoms with Gasteiger partial charge in [-0.05, 0) is 5.92 Å². The van der Waals surface area contributed by atoms with E-state index in [-0.39, 0.29) is 0 Å². The molecule has 0 aromatic heterocycles. The first-order valence-corrected chi connectivity index (χ1v) is 11.1. The summed E-state index contributed by atoms with van der Waals surface area (Å²) in [5, 5.41) is 0. The zero-order valence-corrected chi connectivity index (χ0v) is 16.7. The fourth-order valence-corrected chi connectivity index (χ4v) is 3.68. The van der Waals surface area contributed by atoms with E-state index in [9.17, 15) is 0 Å². The molecule has 1 unspecified atom stereocenters. The highest BCUT2D eigenvalue weighted by atomic mass is 14.1. The predicted octanol–water partition coefficient (Wildman–Crippen LogP) is 8.89. The van der Waals surface area contributed by atoms with Crippen molar-refractivity contribution < 1.29 is 0 Å². The lowest BCUT2D eigenvalue weighted by Crippen LogP contribution is -2.00. The minimum Gasteiger partial charge on any atom is -0.0654 e. The molecule has 0 bridgehead atoms. The summed E-state index contributed by atoms with van der Waals surface area (Å²) in [6.07, 6.45) is 27.2. The molecule has 0 rings (SSSR count). The van der Waals surface area contributed by atoms with Gasteiger partial charge >= 0.3 is 0 Å². The lowest BCUT2D eigenvalue weighted by molar-refractivity contribution is 0.382. The molecule has 1 atom stereocenters. The van der Waals surface area contributed by atoms with E-state index in [2.05, 4.69) is 20.8 Å². The summed E-state index contributed by atoms with van der Waals surface area (Å²) >= 11 is 0. The summed E-state index contributed by atoms with van der Waals surface area (Å²) in [6.45, 7) is 8.69. The van der Waals surface area contributed by atoms with Crippen molar-refractivity contribution in [1.82, 2.24) is 0 Å². The van der Waals surface area contributed by atoms with Crippen LogP contribution in [-0.2, 0) is 0 Å². The van der Waals surface area contributed by atoms with E-state index >= 15 is 0 Å². The van der Waals surface area contributed by atoms with Gasteiger partial charge in [-0.3, -0.25) is 0 Å². The van der Waals surface area contributed by atoms with E-state index in [4.69, 9.17) is 0 Å². The van der Waals surface area contributed by atoms with Crippen molar-refractivity contribution in [2.75, 3.05) is 0 Å². The van der Waals surface area contributed by atoms with Crippen LogP contribution in [0.25, 0.3) is 0 Å². The van der Waals surface area contributed by atoms with Crippen LogP contribution < -0.4 is 0 Å². The highest BCUT2D eigenvalue weighted by Gasteiger charge is 2.07. The maximum atomic E-state index is 4.09. The minimum absolute atomic E-state index is 0.975. The molecular formula is C23H47. The van der Waals surface area contributed by atoms with Gasteiger partial charge in [0.1, 0.15) is 0 Å². The van der Waals surface area contributed by atoms with Gasteiger partial charge in [-0.2, -0.15) is 0 Å². The van der Waals surface area contributed by atoms with Crippen LogP contribution in [0.4, 0.5) is 0 Å². The van der Waals surface area contributed by atoms with Gasteiger partial charge in [0.05, 0.1) is 0 Å². The summed E-state index contributed by atoms with van der Waals surface area (Å²) < 4.78 is 0. The first kappa shape index (κ1) is 23.0. The van der Waals surface area contributed by atoms with Crippen LogP contribution in [0.3, 0.4) is 0 Å². The molecule has 0 aliphatic carbocycles. The average molecular weight is 324 g/mol. The van der Waals surface area contributed by atoms with E-state index in [1.807, 2.05) is 0 Å². The Bertz CT molecular complexity index is 196. The molecule has 0 heteroatoms. The third-order valence-electron chi connectivity index (χ3n) is 5.29. The topological polar surface area (TPSA) is 0 Å². The van der Waals surface area contributed by atoms with Crippen molar-refractivity contribution in [2.24, 2.45) is 5.92 Å². The van der Waals surface area contributed by atoms with Gasteiger partial charge in [-0.15, -0.1) is 0 Å². The van der Waals surface area contributed by atoms with Crippen LogP contribution in [0.2, 0.25) is 0 Å². The fourth-order valence-electron chi connectivity index (χ4n) is 3.68. The minimum atomic E-state index is 0.975. The van der Waals surface area contributed by atoms with Crippen LogP contribution in [0.1, 0.15) is 136 Å². The van der Waals surface area contributed by atoms with E-state index in [0.717, 1.165) is 12.3 Å². The summed E-state index contributed by atoms with van der Waals surface area (Å²) in [6, 6.07) is 0. The Kier molecular flexibility index (Phi) is 20.0. The van der Waals surface area contributed by atoms with Crippen LogP contribution in [-0.4, -0.2) is 0 Å². The van der Waals surface area contributed by atoms with Gasteiger partial charge in [0.2, 0.25) is 0 Å². The Morgan fingerprint density at radius 3 is 1.17 bits per heavy atom. The van der Waals surface area contributed by atoms with Crippen molar-refractivity contribution in [3.05, 3.63) is 6.92 Å². The molecule has 1 radical (unpaired) electrons. The zero-order chi connectivity index (χ0) is 17.0. The van der Waals surface area contributed by atoms with Gasteiger partial charge in [0.25, 0.3) is 0 Å². The smallest absolute Gasteiger partial charge is 0.0414 e. The maximum Gasteiger partial charge on any atom is -0.0414 e. The first-order chi connectivity index (χ1) is 11.3. The Labute approximate surface area is 149 Å². The summed E-state index contributed by atoms with van der Waals surface area (Å²) in [7, 11) is 0. The van der Waals surface area contributed by atoms with Crippen LogP contribution in [0.5, 0.6) is 0 Å². The van der Waals surface area contributed by atoms with E-state index in [1.165, 1.54) is 116 Å². The lowest BCUT2D eigenvalue weighted by atomic mass is 9.90. The van der Waals surface area contributed by atoms with E-state index in [0.29, 0.717) is 0 Å². The highest BCUT2D eigenvalue weighted by molar-refractivity contribution is 4.62. The maximum absolute atomic E-state index is 4.09. The number of rotatable bonds is 19. The molecule has 0 saturated carbocycles. The Morgan fingerprint density at radius 2 is 0.826 bits per heavy atom. The summed E-state index contributed by atoms with van der Waals surface area (Å²) in [5.74, 6) is 0.975. The van der Waals surface area contributed by atoms with Gasteiger partial charge in [-0.25, -0.2) is 0 Å². The van der Waals surface area contributed by atoms with Crippen molar-refractivity contribution in [3.63, 3.8) is 0 Å². The van der Waals surface area contributed by atoms with Gasteiger partial charge in [-0.1, -0.05) is 143 Å². The molecule has 23 heavy (non-hydrogen) atoms. The molecular weight excluding hydrogens is 276 g/mol. The number of hydrogen-bond acceptors (Lipinski definition) is 0. The molecule has 0 fully saturated rings. The van der Waals surface area contributed by atoms with E-state index < -0.39 is 0 Å². The highest BCUT2D eigenvalue weighted by Crippen LogP contribution is 2.23. The number of hydrogen-bond donors (Lipinski definition) is 0. The summed E-state index contributed by atoms with van der Waals surface area (Å²) in [4.78, 5) is 0. The van der Waals surface area contributed by atoms with Gasteiger partial charge < -0.3 is 0 Å². The quantitative estimate of drug-likeness (QED) is 0.208. The predicted molar refractivity (Wildman–Crippen MR) is 108 cm³/mol. The van der Waals surface area contributed by atoms with Gasteiger partial charge in [0, 0.05) is 0 Å². The van der Waals surface area contributed by atoms with Crippen molar-refractivity contribution >= 4 is 0 Å². The monoisotopic (exact) mass is 323 g/mol. The second-order valence-corrected chi connectivity index (χ2v) is 7.68. The second-order valence-electron chi connectivity index (χ2n) is 7.68. The lowest BCUT2D eigenvalue weighted by Gasteiger charge is -2.16. The summed E-state index contributed by atoms with van der Waals surface area (Å²) in [5.41, 5.74) is 0. The molecule has 0 aromatic rings. The van der Waals surface area contributed by atoms with Crippen LogP contribution in [0, 0.1) is 12.8 Å². The molecule has 0 heterocycles. The average Bonchev–Trinajstić information content (AvgIpc) is 2.56. The molecule has 0 amide bonds. The largest absolute Gasteiger partial charge is 0.0654 e. The third-order valence-corrected chi connectivity index (χ3v) is 5.29. The Hall–Kier alpha value is 0. The van der Waals surface area contributed by atoms with Gasteiger partial charge in [0.15, 0.2) is 0 Å². The SMILES string of the molecule is [CH2]CCC(CCCCCCCCC)CCCCCCCCCC. The van der Waals surface area contributed by atoms with Crippen LogP contribution in [0.15, 0.2) is 0 Å². The second kappa shape index (κ2) is 20.0. The molecule has 0 aromatic carbocycles.